The van der Waals surface area contributed by atoms with E-state index in [4.69, 9.17) is 9.15 Å². The number of alkyl halides is 3. The molecule has 0 aliphatic heterocycles. The van der Waals surface area contributed by atoms with Gasteiger partial charge < -0.3 is 13.9 Å². The number of fused-ring (bicyclic) bond motifs is 2. The van der Waals surface area contributed by atoms with Gasteiger partial charge in [-0.05, 0) is 37.3 Å². The zero-order valence-electron chi connectivity index (χ0n) is 14.4. The van der Waals surface area contributed by atoms with Crippen molar-refractivity contribution in [3.8, 4) is 17.2 Å². The van der Waals surface area contributed by atoms with Gasteiger partial charge in [0.15, 0.2) is 6.29 Å². The minimum atomic E-state index is -4.78. The number of benzene rings is 2. The number of carbonyl (C=O) groups is 1. The van der Waals surface area contributed by atoms with E-state index >= 15 is 0 Å². The van der Waals surface area contributed by atoms with Crippen molar-refractivity contribution in [3.63, 3.8) is 0 Å². The van der Waals surface area contributed by atoms with Crippen LogP contribution in [0.5, 0.6) is 17.2 Å². The fraction of sp³-hybridized carbons (Fsp3) is 0.100. The number of aldehydes is 1. The molecule has 28 heavy (non-hydrogen) atoms. The lowest BCUT2D eigenvalue weighted by Crippen LogP contribution is -2.17. The normalized spacial score (nSPS) is 11.7. The topological polar surface area (TPSA) is 61.6 Å². The van der Waals surface area contributed by atoms with Crippen molar-refractivity contribution in [2.24, 2.45) is 0 Å². The molecular formula is C20H12F3NO4. The average Bonchev–Trinajstić information content (AvgIpc) is 2.94. The number of furan rings is 1. The molecule has 5 nitrogen and oxygen atoms in total. The number of halogens is 3. The van der Waals surface area contributed by atoms with E-state index in [1.54, 1.807) is 31.2 Å². The average molecular weight is 387 g/mol. The molecule has 0 unspecified atom stereocenters. The number of aryl methyl sites for hydroxylation is 1. The first-order chi connectivity index (χ1) is 13.3. The van der Waals surface area contributed by atoms with E-state index in [1.165, 1.54) is 24.4 Å². The fourth-order valence-corrected chi connectivity index (χ4v) is 2.94. The van der Waals surface area contributed by atoms with Crippen molar-refractivity contribution in [2.75, 3.05) is 0 Å². The maximum absolute atomic E-state index is 12.4. The van der Waals surface area contributed by atoms with Gasteiger partial charge in [0.1, 0.15) is 28.6 Å². The predicted molar refractivity (Wildman–Crippen MR) is 94.8 cm³/mol. The van der Waals surface area contributed by atoms with Crippen molar-refractivity contribution in [1.29, 1.82) is 0 Å². The number of ether oxygens (including phenoxy) is 2. The number of pyridine rings is 1. The molecule has 0 bridgehead atoms. The van der Waals surface area contributed by atoms with Gasteiger partial charge >= 0.3 is 6.36 Å². The molecule has 0 aliphatic rings. The third-order valence-corrected chi connectivity index (χ3v) is 4.14. The number of rotatable bonds is 4. The summed E-state index contributed by atoms with van der Waals surface area (Å²) >= 11 is 0. The molecular weight excluding hydrogens is 375 g/mol. The summed E-state index contributed by atoms with van der Waals surface area (Å²) in [5.41, 5.74) is 1.27. The summed E-state index contributed by atoms with van der Waals surface area (Å²) in [7, 11) is 0. The van der Waals surface area contributed by atoms with Crippen molar-refractivity contribution in [2.45, 2.75) is 13.3 Å². The van der Waals surface area contributed by atoms with Crippen molar-refractivity contribution >= 4 is 28.2 Å². The SMILES string of the molecule is Cc1oc2cc(Oc3ccnc4cc(OC(F)(F)F)ccc34)ccc2c1C=O. The Kier molecular flexibility index (Phi) is 4.18. The standard InChI is InChI=1S/C20H12F3NO4/c1-11-16(10-25)14-4-2-12(9-19(14)26-11)27-18-6-7-24-17-8-13(3-5-15(17)18)28-20(21,22)23/h2-10H,1H3. The molecule has 0 aliphatic carbocycles. The van der Waals surface area contributed by atoms with Gasteiger partial charge in [-0.1, -0.05) is 0 Å². The van der Waals surface area contributed by atoms with Gasteiger partial charge in [0.05, 0.1) is 11.1 Å². The van der Waals surface area contributed by atoms with Gasteiger partial charge in [-0.3, -0.25) is 9.78 Å². The molecule has 0 N–H and O–H groups in total. The zero-order chi connectivity index (χ0) is 19.9. The second kappa shape index (κ2) is 6.56. The van der Waals surface area contributed by atoms with Gasteiger partial charge in [0.25, 0.3) is 0 Å². The molecule has 2 aromatic carbocycles. The van der Waals surface area contributed by atoms with Crippen molar-refractivity contribution in [1.82, 2.24) is 4.98 Å². The monoisotopic (exact) mass is 387 g/mol. The molecule has 0 atom stereocenters. The Hall–Kier alpha value is -3.55. The van der Waals surface area contributed by atoms with Crippen LogP contribution in [0, 0.1) is 6.92 Å². The quantitative estimate of drug-likeness (QED) is 0.415. The second-order valence-electron chi connectivity index (χ2n) is 5.99. The first-order valence-corrected chi connectivity index (χ1v) is 8.15. The minimum absolute atomic E-state index is 0.289. The van der Waals surface area contributed by atoms with E-state index in [0.717, 1.165) is 6.29 Å². The van der Waals surface area contributed by atoms with E-state index in [-0.39, 0.29) is 11.3 Å². The Bertz CT molecular complexity index is 1200. The molecule has 0 saturated carbocycles. The van der Waals surface area contributed by atoms with Crippen molar-refractivity contribution in [3.05, 3.63) is 60.0 Å². The van der Waals surface area contributed by atoms with Gasteiger partial charge in [-0.15, -0.1) is 13.2 Å². The lowest BCUT2D eigenvalue weighted by molar-refractivity contribution is -0.274. The van der Waals surface area contributed by atoms with Crippen LogP contribution < -0.4 is 9.47 Å². The second-order valence-corrected chi connectivity index (χ2v) is 5.99. The molecule has 2 aromatic heterocycles. The van der Waals surface area contributed by atoms with Gasteiger partial charge in [-0.25, -0.2) is 0 Å². The molecule has 0 radical (unpaired) electrons. The van der Waals surface area contributed by atoms with E-state index in [0.29, 0.717) is 39.2 Å². The molecule has 0 amide bonds. The lowest BCUT2D eigenvalue weighted by atomic mass is 10.1. The molecule has 4 rings (SSSR count). The molecule has 0 fully saturated rings. The summed E-state index contributed by atoms with van der Waals surface area (Å²) in [5, 5.41) is 1.19. The molecule has 0 spiro atoms. The number of nitrogens with zero attached hydrogens (tertiary/aromatic N) is 1. The molecule has 0 saturated heterocycles. The number of hydrogen-bond acceptors (Lipinski definition) is 5. The summed E-state index contributed by atoms with van der Waals surface area (Å²) in [6.45, 7) is 1.70. The minimum Gasteiger partial charge on any atom is -0.460 e. The summed E-state index contributed by atoms with van der Waals surface area (Å²) in [6.07, 6.45) is -2.62. The fourth-order valence-electron chi connectivity index (χ4n) is 2.94. The van der Waals surface area contributed by atoms with Crippen LogP contribution in [0.25, 0.3) is 21.9 Å². The van der Waals surface area contributed by atoms with Crippen LogP contribution in [-0.4, -0.2) is 17.6 Å². The van der Waals surface area contributed by atoms with Crippen LogP contribution in [-0.2, 0) is 0 Å². The predicted octanol–water partition coefficient (Wildman–Crippen LogP) is 5.79. The highest BCUT2D eigenvalue weighted by molar-refractivity contribution is 5.98. The highest BCUT2D eigenvalue weighted by atomic mass is 19.4. The van der Waals surface area contributed by atoms with Crippen LogP contribution in [0.2, 0.25) is 0 Å². The van der Waals surface area contributed by atoms with E-state index in [9.17, 15) is 18.0 Å². The van der Waals surface area contributed by atoms with Crippen LogP contribution in [0.3, 0.4) is 0 Å². The summed E-state index contributed by atoms with van der Waals surface area (Å²) < 4.78 is 52.5. The number of aromatic nitrogens is 1. The molecule has 2 heterocycles. The van der Waals surface area contributed by atoms with E-state index in [2.05, 4.69) is 9.72 Å². The maximum atomic E-state index is 12.4. The lowest BCUT2D eigenvalue weighted by Gasteiger charge is -2.11. The Morgan fingerprint density at radius 1 is 1.04 bits per heavy atom. The highest BCUT2D eigenvalue weighted by Crippen LogP contribution is 2.34. The highest BCUT2D eigenvalue weighted by Gasteiger charge is 2.31. The number of hydrogen-bond donors (Lipinski definition) is 0. The van der Waals surface area contributed by atoms with Gasteiger partial charge in [-0.2, -0.15) is 0 Å². The summed E-state index contributed by atoms with van der Waals surface area (Å²) in [5.74, 6) is 0.996. The smallest absolute Gasteiger partial charge is 0.460 e. The molecule has 4 aromatic rings. The van der Waals surface area contributed by atoms with Gasteiger partial charge in [0, 0.05) is 29.1 Å². The van der Waals surface area contributed by atoms with E-state index in [1.807, 2.05) is 0 Å². The Labute approximate surface area is 156 Å². The first-order valence-electron chi connectivity index (χ1n) is 8.15. The molecule has 142 valence electrons. The maximum Gasteiger partial charge on any atom is 0.573 e. The molecule has 8 heteroatoms. The first kappa shape index (κ1) is 17.8. The van der Waals surface area contributed by atoms with E-state index < -0.39 is 6.36 Å². The summed E-state index contributed by atoms with van der Waals surface area (Å²) in [4.78, 5) is 15.2. The van der Waals surface area contributed by atoms with Crippen LogP contribution in [0.15, 0.2) is 53.1 Å². The number of carbonyl (C=O) groups excluding carboxylic acids is 1. The van der Waals surface area contributed by atoms with Gasteiger partial charge in [0.2, 0.25) is 0 Å². The van der Waals surface area contributed by atoms with Crippen LogP contribution in [0.4, 0.5) is 13.2 Å². The largest absolute Gasteiger partial charge is 0.573 e. The van der Waals surface area contributed by atoms with Crippen molar-refractivity contribution < 1.29 is 31.9 Å². The Balaban J connectivity index is 1.69. The van der Waals surface area contributed by atoms with Crippen LogP contribution >= 0.6 is 0 Å². The van der Waals surface area contributed by atoms with Crippen LogP contribution in [0.1, 0.15) is 16.1 Å². The third-order valence-electron chi connectivity index (χ3n) is 4.14. The summed E-state index contributed by atoms with van der Waals surface area (Å²) in [6, 6.07) is 10.5. The Morgan fingerprint density at radius 3 is 2.54 bits per heavy atom. The Morgan fingerprint density at radius 2 is 1.79 bits per heavy atom. The zero-order valence-corrected chi connectivity index (χ0v) is 14.4. The third kappa shape index (κ3) is 3.36.